The Hall–Kier alpha value is -2.38. The lowest BCUT2D eigenvalue weighted by Gasteiger charge is -2.21. The molecule has 1 aliphatic heterocycles. The SMILES string of the molecule is CO[C@@H]1C[C@@H](c2nc(C)c(C)[nH]2)N(Cc2cc(-c3ccco3)on2)C1. The zero-order valence-corrected chi connectivity index (χ0v) is 14.7. The van der Waals surface area contributed by atoms with E-state index in [-0.39, 0.29) is 12.1 Å². The second-order valence-electron chi connectivity index (χ2n) is 6.53. The average Bonchev–Trinajstić information content (AvgIpc) is 3.36. The number of furan rings is 1. The minimum absolute atomic E-state index is 0.182. The molecule has 0 aromatic carbocycles. The fraction of sp³-hybridized carbons (Fsp3) is 0.444. The predicted octanol–water partition coefficient (Wildman–Crippen LogP) is 3.24. The van der Waals surface area contributed by atoms with E-state index in [2.05, 4.69) is 20.0 Å². The van der Waals surface area contributed by atoms with Crippen molar-refractivity contribution in [1.82, 2.24) is 20.0 Å². The summed E-state index contributed by atoms with van der Waals surface area (Å²) >= 11 is 0. The monoisotopic (exact) mass is 342 g/mol. The number of methoxy groups -OCH3 is 1. The minimum atomic E-state index is 0.182. The molecule has 0 saturated carbocycles. The van der Waals surface area contributed by atoms with Crippen LogP contribution in [0.1, 0.15) is 35.4 Å². The number of nitrogens with one attached hydrogen (secondary N) is 1. The van der Waals surface area contributed by atoms with E-state index >= 15 is 0 Å². The number of hydrogen-bond acceptors (Lipinski definition) is 6. The van der Waals surface area contributed by atoms with Crippen molar-refractivity contribution in [2.45, 2.75) is 39.0 Å². The molecule has 1 aliphatic rings. The standard InChI is InChI=1S/C18H22N4O3/c1-11-12(2)20-18(19-11)15-8-14(23-3)10-22(15)9-13-7-17(25-21-13)16-5-4-6-24-16/h4-7,14-15H,8-10H2,1-3H3,(H,19,20)/t14-,15+/m1/s1. The molecule has 0 bridgehead atoms. The van der Waals surface area contributed by atoms with E-state index in [4.69, 9.17) is 13.7 Å². The van der Waals surface area contributed by atoms with Crippen LogP contribution in [-0.2, 0) is 11.3 Å². The highest BCUT2D eigenvalue weighted by atomic mass is 16.5. The first-order chi connectivity index (χ1) is 12.1. The van der Waals surface area contributed by atoms with Gasteiger partial charge in [-0.2, -0.15) is 0 Å². The Kier molecular flexibility index (Phi) is 4.19. The van der Waals surface area contributed by atoms with Crippen molar-refractivity contribution in [3.8, 4) is 11.5 Å². The Morgan fingerprint density at radius 3 is 2.92 bits per heavy atom. The van der Waals surface area contributed by atoms with Crippen LogP contribution in [0.3, 0.4) is 0 Å². The van der Waals surface area contributed by atoms with Gasteiger partial charge in [-0.25, -0.2) is 4.98 Å². The Labute approximate surface area is 146 Å². The van der Waals surface area contributed by atoms with Gasteiger partial charge in [0, 0.05) is 32.0 Å². The van der Waals surface area contributed by atoms with Gasteiger partial charge in [0.25, 0.3) is 0 Å². The summed E-state index contributed by atoms with van der Waals surface area (Å²) < 4.78 is 16.4. The number of hydrogen-bond donors (Lipinski definition) is 1. The van der Waals surface area contributed by atoms with E-state index in [1.54, 1.807) is 13.4 Å². The number of rotatable bonds is 5. The van der Waals surface area contributed by atoms with E-state index in [0.717, 1.165) is 35.9 Å². The number of nitrogens with zero attached hydrogens (tertiary/aromatic N) is 3. The lowest BCUT2D eigenvalue weighted by molar-refractivity contribution is 0.107. The summed E-state index contributed by atoms with van der Waals surface area (Å²) in [4.78, 5) is 10.4. The molecule has 1 fully saturated rings. The van der Waals surface area contributed by atoms with Crippen LogP contribution in [-0.4, -0.2) is 39.8 Å². The van der Waals surface area contributed by atoms with Crippen molar-refractivity contribution in [1.29, 1.82) is 0 Å². The lowest BCUT2D eigenvalue weighted by Crippen LogP contribution is -2.25. The molecule has 2 atom stereocenters. The van der Waals surface area contributed by atoms with Gasteiger partial charge in [0.15, 0.2) is 5.76 Å². The molecule has 1 saturated heterocycles. The molecule has 3 aromatic heterocycles. The third kappa shape index (κ3) is 3.12. The van der Waals surface area contributed by atoms with E-state index < -0.39 is 0 Å². The van der Waals surface area contributed by atoms with Crippen molar-refractivity contribution in [2.24, 2.45) is 0 Å². The number of likely N-dealkylation sites (tertiary alicyclic amines) is 1. The summed E-state index contributed by atoms with van der Waals surface area (Å²) in [5.74, 6) is 2.32. The van der Waals surface area contributed by atoms with Crippen molar-refractivity contribution in [3.05, 3.63) is 47.4 Å². The summed E-state index contributed by atoms with van der Waals surface area (Å²) in [6.45, 7) is 5.58. The van der Waals surface area contributed by atoms with E-state index in [9.17, 15) is 0 Å². The molecule has 132 valence electrons. The molecule has 4 rings (SSSR count). The first-order valence-corrected chi connectivity index (χ1v) is 8.43. The van der Waals surface area contributed by atoms with Gasteiger partial charge in [-0.3, -0.25) is 4.90 Å². The minimum Gasteiger partial charge on any atom is -0.461 e. The maximum Gasteiger partial charge on any atom is 0.202 e. The van der Waals surface area contributed by atoms with Gasteiger partial charge in [0.1, 0.15) is 5.82 Å². The van der Waals surface area contributed by atoms with Crippen molar-refractivity contribution in [2.75, 3.05) is 13.7 Å². The van der Waals surface area contributed by atoms with E-state index in [1.165, 1.54) is 0 Å². The molecule has 0 radical (unpaired) electrons. The Morgan fingerprint density at radius 1 is 1.36 bits per heavy atom. The number of aromatic amines is 1. The average molecular weight is 342 g/mol. The summed E-state index contributed by atoms with van der Waals surface area (Å²) in [5, 5.41) is 4.19. The fourth-order valence-corrected chi connectivity index (χ4v) is 3.35. The molecular formula is C18H22N4O3. The highest BCUT2D eigenvalue weighted by Gasteiger charge is 2.35. The lowest BCUT2D eigenvalue weighted by atomic mass is 10.2. The Balaban J connectivity index is 1.55. The molecule has 4 heterocycles. The summed E-state index contributed by atoms with van der Waals surface area (Å²) in [7, 11) is 1.76. The fourth-order valence-electron chi connectivity index (χ4n) is 3.35. The van der Waals surface area contributed by atoms with Gasteiger partial charge >= 0.3 is 0 Å². The van der Waals surface area contributed by atoms with Crippen molar-refractivity contribution >= 4 is 0 Å². The van der Waals surface area contributed by atoms with E-state index in [0.29, 0.717) is 18.1 Å². The molecule has 0 aliphatic carbocycles. The molecule has 3 aromatic rings. The van der Waals surface area contributed by atoms with Crippen LogP contribution in [0.15, 0.2) is 33.4 Å². The van der Waals surface area contributed by atoms with Gasteiger partial charge in [0.05, 0.1) is 29.8 Å². The smallest absolute Gasteiger partial charge is 0.202 e. The zero-order chi connectivity index (χ0) is 17.4. The van der Waals surface area contributed by atoms with Crippen LogP contribution in [0.4, 0.5) is 0 Å². The highest BCUT2D eigenvalue weighted by molar-refractivity contribution is 5.49. The van der Waals surface area contributed by atoms with Crippen molar-refractivity contribution in [3.63, 3.8) is 0 Å². The molecule has 0 spiro atoms. The van der Waals surface area contributed by atoms with Gasteiger partial charge < -0.3 is 18.7 Å². The first kappa shape index (κ1) is 16.1. The Bertz CT molecular complexity index is 817. The molecule has 25 heavy (non-hydrogen) atoms. The van der Waals surface area contributed by atoms with Crippen LogP contribution in [0.2, 0.25) is 0 Å². The van der Waals surface area contributed by atoms with Crippen molar-refractivity contribution < 1.29 is 13.7 Å². The summed E-state index contributed by atoms with van der Waals surface area (Å²) in [5.41, 5.74) is 3.02. The van der Waals surface area contributed by atoms with Crippen LogP contribution < -0.4 is 0 Å². The third-order valence-corrected chi connectivity index (χ3v) is 4.85. The maximum atomic E-state index is 5.59. The first-order valence-electron chi connectivity index (χ1n) is 8.43. The Morgan fingerprint density at radius 2 is 2.24 bits per heavy atom. The summed E-state index contributed by atoms with van der Waals surface area (Å²) in [6.07, 6.45) is 2.72. The topological polar surface area (TPSA) is 80.3 Å². The second-order valence-corrected chi connectivity index (χ2v) is 6.53. The number of H-pyrrole nitrogens is 1. The van der Waals surface area contributed by atoms with Gasteiger partial charge in [0.2, 0.25) is 5.76 Å². The molecule has 0 amide bonds. The third-order valence-electron chi connectivity index (χ3n) is 4.85. The molecule has 7 heteroatoms. The normalized spacial score (nSPS) is 21.2. The second kappa shape index (κ2) is 6.50. The van der Waals surface area contributed by atoms with Crippen LogP contribution in [0, 0.1) is 13.8 Å². The number of imidazole rings is 1. The summed E-state index contributed by atoms with van der Waals surface area (Å²) in [6, 6.07) is 5.80. The molecule has 7 nitrogen and oxygen atoms in total. The molecule has 1 N–H and O–H groups in total. The quantitative estimate of drug-likeness (QED) is 0.767. The van der Waals surface area contributed by atoms with Crippen LogP contribution in [0.25, 0.3) is 11.5 Å². The number of ether oxygens (including phenoxy) is 1. The molecular weight excluding hydrogens is 320 g/mol. The van der Waals surface area contributed by atoms with Gasteiger partial charge in [-0.15, -0.1) is 0 Å². The van der Waals surface area contributed by atoms with Crippen LogP contribution >= 0.6 is 0 Å². The molecule has 0 unspecified atom stereocenters. The largest absolute Gasteiger partial charge is 0.461 e. The number of aromatic nitrogens is 3. The van der Waals surface area contributed by atoms with Crippen LogP contribution in [0.5, 0.6) is 0 Å². The van der Waals surface area contributed by atoms with E-state index in [1.807, 2.05) is 32.0 Å². The van der Waals surface area contributed by atoms with Gasteiger partial charge in [-0.05, 0) is 32.4 Å². The number of aryl methyl sites for hydroxylation is 2. The predicted molar refractivity (Wildman–Crippen MR) is 90.8 cm³/mol. The maximum absolute atomic E-state index is 5.59. The highest BCUT2D eigenvalue weighted by Crippen LogP contribution is 2.34. The zero-order valence-electron chi connectivity index (χ0n) is 14.7. The van der Waals surface area contributed by atoms with Gasteiger partial charge in [-0.1, -0.05) is 5.16 Å².